The van der Waals surface area contributed by atoms with Crippen LogP contribution in [0.2, 0.25) is 0 Å². The van der Waals surface area contributed by atoms with E-state index in [1.807, 2.05) is 0 Å². The Morgan fingerprint density at radius 1 is 1.29 bits per heavy atom. The molecule has 0 saturated heterocycles. The molecule has 7 heteroatoms. The summed E-state index contributed by atoms with van der Waals surface area (Å²) in [4.78, 5) is 0. The molecule has 1 aromatic carbocycles. The summed E-state index contributed by atoms with van der Waals surface area (Å²) in [5, 5.41) is 0. The summed E-state index contributed by atoms with van der Waals surface area (Å²) in [5.41, 5.74) is -0.650. The van der Waals surface area contributed by atoms with Crippen molar-refractivity contribution in [1.82, 2.24) is 0 Å². The summed E-state index contributed by atoms with van der Waals surface area (Å²) in [6, 6.07) is 4.86. The van der Waals surface area contributed by atoms with E-state index >= 15 is 0 Å². The average molecular weight is 272 g/mol. The van der Waals surface area contributed by atoms with Crippen LogP contribution in [-0.2, 0) is 4.74 Å². The first-order chi connectivity index (χ1) is 7.43. The largest absolute Gasteiger partial charge is 1.00 e. The molecule has 0 bridgehead atoms. The van der Waals surface area contributed by atoms with E-state index in [1.54, 1.807) is 6.92 Å². The fourth-order valence-electron chi connectivity index (χ4n) is 1.09. The van der Waals surface area contributed by atoms with Crippen molar-refractivity contribution >= 4 is 12.4 Å². The predicted octanol–water partition coefficient (Wildman–Crippen LogP) is -0.841. The molecule has 90 valence electrons. The van der Waals surface area contributed by atoms with Crippen molar-refractivity contribution < 1.29 is 73.8 Å². The van der Waals surface area contributed by atoms with Gasteiger partial charge < -0.3 is 22.4 Å². The first-order valence-electron chi connectivity index (χ1n) is 4.89. The van der Waals surface area contributed by atoms with E-state index in [-0.39, 0.29) is 69.8 Å². The zero-order chi connectivity index (χ0) is 12.2. The van der Waals surface area contributed by atoms with Crippen molar-refractivity contribution in [2.75, 3.05) is 13.7 Å². The Labute approximate surface area is 141 Å². The van der Waals surface area contributed by atoms with Crippen LogP contribution < -0.4 is 61.6 Å². The molecule has 2 nitrogen and oxygen atoms in total. The van der Waals surface area contributed by atoms with Crippen LogP contribution in [0.5, 0.6) is 5.75 Å². The second-order valence-corrected chi connectivity index (χ2v) is 3.50. The van der Waals surface area contributed by atoms with Gasteiger partial charge in [0, 0.05) is 7.11 Å². The SMILES string of the molecule is COC(C)COc1cccc([B-](F)(F)F)c1.[K+]. The molecule has 0 spiro atoms. The Balaban J connectivity index is 0.00000256. The topological polar surface area (TPSA) is 18.5 Å². The number of benzene rings is 1. The van der Waals surface area contributed by atoms with Gasteiger partial charge in [-0.15, -0.1) is 5.46 Å². The molecule has 0 aliphatic heterocycles. The summed E-state index contributed by atoms with van der Waals surface area (Å²) >= 11 is 0. The van der Waals surface area contributed by atoms with Crippen LogP contribution >= 0.6 is 0 Å². The zero-order valence-corrected chi connectivity index (χ0v) is 13.2. The number of halogens is 3. The van der Waals surface area contributed by atoms with Crippen molar-refractivity contribution in [3.8, 4) is 5.75 Å². The molecule has 0 aliphatic carbocycles. The summed E-state index contributed by atoms with van der Waals surface area (Å²) in [6.45, 7) is -2.97. The quantitative estimate of drug-likeness (QED) is 0.651. The van der Waals surface area contributed by atoms with Gasteiger partial charge in [0.2, 0.25) is 0 Å². The van der Waals surface area contributed by atoms with Gasteiger partial charge in [-0.25, -0.2) is 0 Å². The molecule has 1 atom stereocenters. The van der Waals surface area contributed by atoms with E-state index in [4.69, 9.17) is 9.47 Å². The van der Waals surface area contributed by atoms with Crippen molar-refractivity contribution in [3.63, 3.8) is 0 Å². The Morgan fingerprint density at radius 3 is 2.47 bits per heavy atom. The molecule has 0 heterocycles. The van der Waals surface area contributed by atoms with Gasteiger partial charge >= 0.3 is 58.4 Å². The van der Waals surface area contributed by atoms with E-state index in [1.165, 1.54) is 19.2 Å². The van der Waals surface area contributed by atoms with E-state index in [0.29, 0.717) is 0 Å². The Morgan fingerprint density at radius 2 is 1.94 bits per heavy atom. The maximum absolute atomic E-state index is 12.4. The smallest absolute Gasteiger partial charge is 0.491 e. The summed E-state index contributed by atoms with van der Waals surface area (Å²) < 4.78 is 47.4. The molecular weight excluding hydrogens is 259 g/mol. The van der Waals surface area contributed by atoms with Gasteiger partial charge in [-0.3, -0.25) is 0 Å². The monoisotopic (exact) mass is 272 g/mol. The van der Waals surface area contributed by atoms with Gasteiger partial charge in [0.1, 0.15) is 12.4 Å². The molecule has 0 amide bonds. The third-order valence-corrected chi connectivity index (χ3v) is 2.12. The third kappa shape index (κ3) is 6.26. The van der Waals surface area contributed by atoms with E-state index in [9.17, 15) is 12.9 Å². The van der Waals surface area contributed by atoms with E-state index in [2.05, 4.69) is 0 Å². The van der Waals surface area contributed by atoms with Gasteiger partial charge in [0.15, 0.2) is 0 Å². The Hall–Kier alpha value is 0.471. The molecule has 0 aromatic heterocycles. The molecule has 0 fully saturated rings. The number of methoxy groups -OCH3 is 1. The molecule has 0 aliphatic rings. The van der Waals surface area contributed by atoms with Crippen molar-refractivity contribution in [1.29, 1.82) is 0 Å². The summed E-state index contributed by atoms with van der Waals surface area (Å²) in [5.74, 6) is 0.209. The normalized spacial score (nSPS) is 12.8. The van der Waals surface area contributed by atoms with Gasteiger partial charge in [0.25, 0.3) is 0 Å². The first kappa shape index (κ1) is 17.5. The van der Waals surface area contributed by atoms with Crippen LogP contribution in [0, 0.1) is 0 Å². The number of hydrogen-bond acceptors (Lipinski definition) is 2. The third-order valence-electron chi connectivity index (χ3n) is 2.12. The minimum absolute atomic E-state index is 0. The van der Waals surface area contributed by atoms with E-state index in [0.717, 1.165) is 12.1 Å². The fourth-order valence-corrected chi connectivity index (χ4v) is 1.09. The van der Waals surface area contributed by atoms with Gasteiger partial charge in [-0.2, -0.15) is 0 Å². The van der Waals surface area contributed by atoms with Crippen LogP contribution in [-0.4, -0.2) is 26.8 Å². The summed E-state index contributed by atoms with van der Waals surface area (Å²) in [6.07, 6.45) is -0.153. The molecule has 17 heavy (non-hydrogen) atoms. The van der Waals surface area contributed by atoms with Crippen LogP contribution in [0.3, 0.4) is 0 Å². The molecule has 1 aromatic rings. The molecule has 0 N–H and O–H groups in total. The Kier molecular flexibility index (Phi) is 8.02. The molecule has 0 radical (unpaired) electrons. The predicted molar refractivity (Wildman–Crippen MR) is 57.1 cm³/mol. The second kappa shape index (κ2) is 7.81. The molecule has 1 rings (SSSR count). The van der Waals surface area contributed by atoms with E-state index < -0.39 is 12.4 Å². The Bertz CT molecular complexity index is 347. The number of rotatable bonds is 5. The maximum Gasteiger partial charge on any atom is 1.00 e. The van der Waals surface area contributed by atoms with Crippen LogP contribution in [0.15, 0.2) is 24.3 Å². The van der Waals surface area contributed by atoms with Gasteiger partial charge in [-0.05, 0) is 19.1 Å². The minimum Gasteiger partial charge on any atom is -0.491 e. The van der Waals surface area contributed by atoms with Crippen LogP contribution in [0.4, 0.5) is 12.9 Å². The van der Waals surface area contributed by atoms with Gasteiger partial charge in [0.05, 0.1) is 6.10 Å². The zero-order valence-electron chi connectivity index (χ0n) is 10.1. The van der Waals surface area contributed by atoms with Crippen molar-refractivity contribution in [3.05, 3.63) is 24.3 Å². The maximum atomic E-state index is 12.4. The van der Waals surface area contributed by atoms with Crippen molar-refractivity contribution in [2.45, 2.75) is 13.0 Å². The van der Waals surface area contributed by atoms with Crippen LogP contribution in [0.1, 0.15) is 6.92 Å². The first-order valence-corrected chi connectivity index (χ1v) is 4.89. The summed E-state index contributed by atoms with van der Waals surface area (Å²) in [7, 11) is 1.52. The average Bonchev–Trinajstić information content (AvgIpc) is 2.25. The van der Waals surface area contributed by atoms with Crippen molar-refractivity contribution in [2.24, 2.45) is 0 Å². The molecule has 0 saturated carbocycles. The second-order valence-electron chi connectivity index (χ2n) is 3.50. The van der Waals surface area contributed by atoms with Gasteiger partial charge in [-0.1, -0.05) is 12.1 Å². The minimum atomic E-state index is -4.97. The number of hydrogen-bond donors (Lipinski definition) is 0. The number of ether oxygens (including phenoxy) is 2. The molecule has 1 unspecified atom stereocenters. The van der Waals surface area contributed by atoms with Crippen LogP contribution in [0.25, 0.3) is 0 Å². The molecular formula is C10H13BF3KO2. The standard InChI is InChI=1S/C10H13BF3O2.K/c1-8(15-2)7-16-10-5-3-4-9(6-10)11(12,13)14;/h3-6,8H,7H2,1-2H3;/q-1;+1. The fraction of sp³-hybridized carbons (Fsp3) is 0.400.